The molecule has 0 saturated carbocycles. The largest absolute Gasteiger partial charge is 0.487 e. The maximum absolute atomic E-state index is 12.1. The van der Waals surface area contributed by atoms with Gasteiger partial charge in [0.1, 0.15) is 0 Å². The van der Waals surface area contributed by atoms with Gasteiger partial charge in [-0.2, -0.15) is 0 Å². The lowest BCUT2D eigenvalue weighted by atomic mass is 10.0. The SMILES string of the molecule is CCOc1cc(CC(=O)c2ccccc2)ccc1[N+](=O)[O-]. The highest BCUT2D eigenvalue weighted by atomic mass is 16.6. The number of nitro groups is 1. The van der Waals surface area contributed by atoms with Crippen molar-refractivity contribution >= 4 is 11.5 Å². The molecule has 108 valence electrons. The van der Waals surface area contributed by atoms with Crippen LogP contribution in [0.15, 0.2) is 48.5 Å². The van der Waals surface area contributed by atoms with E-state index in [4.69, 9.17) is 4.74 Å². The molecule has 21 heavy (non-hydrogen) atoms. The second-order valence-electron chi connectivity index (χ2n) is 4.46. The van der Waals surface area contributed by atoms with Crippen LogP contribution in [-0.2, 0) is 6.42 Å². The van der Waals surface area contributed by atoms with Crippen molar-refractivity contribution in [3.8, 4) is 5.75 Å². The summed E-state index contributed by atoms with van der Waals surface area (Å²) in [6.07, 6.45) is 0.183. The Kier molecular flexibility index (Phi) is 4.66. The summed E-state index contributed by atoms with van der Waals surface area (Å²) < 4.78 is 5.27. The van der Waals surface area contributed by atoms with E-state index >= 15 is 0 Å². The van der Waals surface area contributed by atoms with E-state index < -0.39 is 4.92 Å². The Morgan fingerprint density at radius 3 is 2.52 bits per heavy atom. The fraction of sp³-hybridized carbons (Fsp3) is 0.188. The molecule has 0 heterocycles. The fourth-order valence-electron chi connectivity index (χ4n) is 2.00. The average molecular weight is 285 g/mol. The summed E-state index contributed by atoms with van der Waals surface area (Å²) in [5, 5.41) is 10.9. The van der Waals surface area contributed by atoms with E-state index in [0.29, 0.717) is 17.7 Å². The normalized spacial score (nSPS) is 10.1. The molecule has 0 aromatic heterocycles. The van der Waals surface area contributed by atoms with E-state index in [1.165, 1.54) is 6.07 Å². The molecule has 0 spiro atoms. The summed E-state index contributed by atoms with van der Waals surface area (Å²) in [6, 6.07) is 13.5. The number of ether oxygens (including phenoxy) is 1. The van der Waals surface area contributed by atoms with Gasteiger partial charge in [0.25, 0.3) is 0 Å². The number of carbonyl (C=O) groups is 1. The van der Waals surface area contributed by atoms with Crippen molar-refractivity contribution in [1.82, 2.24) is 0 Å². The van der Waals surface area contributed by atoms with Gasteiger partial charge in [-0.05, 0) is 18.6 Å². The number of nitro benzene ring substituents is 1. The van der Waals surface area contributed by atoms with E-state index in [2.05, 4.69) is 0 Å². The van der Waals surface area contributed by atoms with E-state index in [0.717, 1.165) is 0 Å². The molecule has 0 aliphatic heterocycles. The molecule has 0 saturated heterocycles. The molecule has 0 radical (unpaired) electrons. The molecule has 0 amide bonds. The molecule has 5 heteroatoms. The Balaban J connectivity index is 2.23. The molecule has 0 N–H and O–H groups in total. The Bertz CT molecular complexity index is 653. The summed E-state index contributed by atoms with van der Waals surface area (Å²) in [4.78, 5) is 22.5. The molecule has 0 fully saturated rings. The van der Waals surface area contributed by atoms with E-state index in [-0.39, 0.29) is 23.6 Å². The van der Waals surface area contributed by atoms with Gasteiger partial charge in [-0.3, -0.25) is 14.9 Å². The monoisotopic (exact) mass is 285 g/mol. The summed E-state index contributed by atoms with van der Waals surface area (Å²) in [7, 11) is 0. The predicted molar refractivity (Wildman–Crippen MR) is 78.7 cm³/mol. The van der Waals surface area contributed by atoms with Crippen LogP contribution >= 0.6 is 0 Å². The second-order valence-corrected chi connectivity index (χ2v) is 4.46. The van der Waals surface area contributed by atoms with E-state index in [1.54, 1.807) is 43.3 Å². The molecule has 0 aliphatic rings. The zero-order chi connectivity index (χ0) is 15.2. The van der Waals surface area contributed by atoms with Crippen molar-refractivity contribution in [2.45, 2.75) is 13.3 Å². The minimum absolute atomic E-state index is 0.0353. The number of benzene rings is 2. The quantitative estimate of drug-likeness (QED) is 0.463. The maximum atomic E-state index is 12.1. The third-order valence-electron chi connectivity index (χ3n) is 2.98. The van der Waals surface area contributed by atoms with Crippen LogP contribution in [0.2, 0.25) is 0 Å². The highest BCUT2D eigenvalue weighted by Gasteiger charge is 2.16. The minimum Gasteiger partial charge on any atom is -0.487 e. The fourth-order valence-corrected chi connectivity index (χ4v) is 2.00. The Hall–Kier alpha value is -2.69. The maximum Gasteiger partial charge on any atom is 0.310 e. The predicted octanol–water partition coefficient (Wildman–Crippen LogP) is 3.42. The van der Waals surface area contributed by atoms with Crippen molar-refractivity contribution < 1.29 is 14.5 Å². The van der Waals surface area contributed by atoms with Crippen molar-refractivity contribution in [1.29, 1.82) is 0 Å². The van der Waals surface area contributed by atoms with Crippen LogP contribution in [0.1, 0.15) is 22.8 Å². The zero-order valence-corrected chi connectivity index (χ0v) is 11.6. The topological polar surface area (TPSA) is 69.4 Å². The Labute approximate surface area is 122 Å². The number of Topliss-reactive ketones (excluding diaryl/α,β-unsaturated/α-hetero) is 1. The second kappa shape index (κ2) is 6.65. The molecule has 0 unspecified atom stereocenters. The van der Waals surface area contributed by atoms with Crippen LogP contribution in [0, 0.1) is 10.1 Å². The van der Waals surface area contributed by atoms with Gasteiger partial charge in [0.05, 0.1) is 11.5 Å². The summed E-state index contributed by atoms with van der Waals surface area (Å²) in [5.41, 5.74) is 1.22. The molecule has 0 atom stereocenters. The average Bonchev–Trinajstić information content (AvgIpc) is 2.48. The van der Waals surface area contributed by atoms with Crippen molar-refractivity contribution in [3.05, 3.63) is 69.8 Å². The highest BCUT2D eigenvalue weighted by molar-refractivity contribution is 5.97. The van der Waals surface area contributed by atoms with Gasteiger partial charge < -0.3 is 4.74 Å². The number of nitrogens with zero attached hydrogens (tertiary/aromatic N) is 1. The number of carbonyl (C=O) groups excluding carboxylic acids is 1. The minimum atomic E-state index is -0.492. The Morgan fingerprint density at radius 1 is 1.19 bits per heavy atom. The number of hydrogen-bond donors (Lipinski definition) is 0. The summed E-state index contributed by atoms with van der Waals surface area (Å²) in [5.74, 6) is 0.160. The molecular weight excluding hydrogens is 270 g/mol. The van der Waals surface area contributed by atoms with Crippen molar-refractivity contribution in [2.24, 2.45) is 0 Å². The molecular formula is C16H15NO4. The molecule has 2 rings (SSSR count). The Morgan fingerprint density at radius 2 is 1.90 bits per heavy atom. The van der Waals surface area contributed by atoms with Gasteiger partial charge in [0.15, 0.2) is 11.5 Å². The summed E-state index contributed by atoms with van der Waals surface area (Å²) in [6.45, 7) is 2.09. The van der Waals surface area contributed by atoms with Gasteiger partial charge in [-0.1, -0.05) is 36.4 Å². The molecule has 2 aromatic carbocycles. The zero-order valence-electron chi connectivity index (χ0n) is 11.6. The van der Waals surface area contributed by atoms with Gasteiger partial charge in [-0.25, -0.2) is 0 Å². The third kappa shape index (κ3) is 3.66. The van der Waals surface area contributed by atoms with Crippen molar-refractivity contribution in [2.75, 3.05) is 6.61 Å². The van der Waals surface area contributed by atoms with Gasteiger partial charge in [0.2, 0.25) is 0 Å². The standard InChI is InChI=1S/C16H15NO4/c1-2-21-16-11-12(8-9-14(16)17(19)20)10-15(18)13-6-4-3-5-7-13/h3-9,11H,2,10H2,1H3. The molecule has 5 nitrogen and oxygen atoms in total. The van der Waals surface area contributed by atoms with Gasteiger partial charge in [-0.15, -0.1) is 0 Å². The van der Waals surface area contributed by atoms with Crippen LogP contribution in [0.25, 0.3) is 0 Å². The van der Waals surface area contributed by atoms with Crippen LogP contribution in [0.3, 0.4) is 0 Å². The summed E-state index contributed by atoms with van der Waals surface area (Å²) >= 11 is 0. The van der Waals surface area contributed by atoms with Crippen LogP contribution in [-0.4, -0.2) is 17.3 Å². The van der Waals surface area contributed by atoms with E-state index in [9.17, 15) is 14.9 Å². The van der Waals surface area contributed by atoms with Crippen molar-refractivity contribution in [3.63, 3.8) is 0 Å². The van der Waals surface area contributed by atoms with E-state index in [1.807, 2.05) is 6.07 Å². The molecule has 0 aliphatic carbocycles. The lowest BCUT2D eigenvalue weighted by Crippen LogP contribution is -2.04. The first kappa shape index (κ1) is 14.7. The van der Waals surface area contributed by atoms with Gasteiger partial charge in [0, 0.05) is 18.1 Å². The smallest absolute Gasteiger partial charge is 0.310 e. The number of rotatable bonds is 6. The third-order valence-corrected chi connectivity index (χ3v) is 2.98. The van der Waals surface area contributed by atoms with Gasteiger partial charge >= 0.3 is 5.69 Å². The lowest BCUT2D eigenvalue weighted by Gasteiger charge is -2.07. The lowest BCUT2D eigenvalue weighted by molar-refractivity contribution is -0.385. The first-order valence-electron chi connectivity index (χ1n) is 6.60. The first-order valence-corrected chi connectivity index (χ1v) is 6.60. The highest BCUT2D eigenvalue weighted by Crippen LogP contribution is 2.28. The van der Waals surface area contributed by atoms with Crippen LogP contribution in [0.4, 0.5) is 5.69 Å². The molecule has 0 bridgehead atoms. The van der Waals surface area contributed by atoms with Crippen LogP contribution in [0.5, 0.6) is 5.75 Å². The first-order chi connectivity index (χ1) is 10.1. The number of ketones is 1. The van der Waals surface area contributed by atoms with Crippen LogP contribution < -0.4 is 4.74 Å². The number of hydrogen-bond acceptors (Lipinski definition) is 4. The molecule has 2 aromatic rings.